The van der Waals surface area contributed by atoms with E-state index in [4.69, 9.17) is 16.6 Å². The Morgan fingerprint density at radius 3 is 2.40 bits per heavy atom. The van der Waals surface area contributed by atoms with Crippen LogP contribution in [-0.2, 0) is 14.8 Å². The average Bonchev–Trinajstić information content (AvgIpc) is 3.74. The largest absolute Gasteiger partial charge is 0.325 e. The van der Waals surface area contributed by atoms with Crippen LogP contribution in [0.15, 0.2) is 131 Å². The lowest BCUT2D eigenvalue weighted by atomic mass is 10.2. The van der Waals surface area contributed by atoms with E-state index in [0.717, 1.165) is 26.5 Å². The number of rotatable bonds is 10. The molecule has 2 aromatic heterocycles. The number of halogens is 1. The minimum atomic E-state index is -3.98. The van der Waals surface area contributed by atoms with Gasteiger partial charge in [0.2, 0.25) is 5.91 Å². The van der Waals surface area contributed by atoms with Crippen molar-refractivity contribution in [3.05, 3.63) is 132 Å². The Morgan fingerprint density at radius 2 is 1.62 bits per heavy atom. The number of carbonyl (C=O) groups excluding carboxylic acids is 1. The third-order valence-electron chi connectivity index (χ3n) is 7.76. The van der Waals surface area contributed by atoms with Gasteiger partial charge in [0.15, 0.2) is 11.0 Å². The number of thioether (sulfide) groups is 1. The first kappa shape index (κ1) is 33.5. The molecule has 0 saturated heterocycles. The van der Waals surface area contributed by atoms with E-state index in [-0.39, 0.29) is 21.5 Å². The SMILES string of the molecule is Cc1ccc2nc(-c3ccc(NC(=O)C(C)Sc4nnc(-c5cccc(S(=O)(=O)Nc6ccccc6Cl)c5)n4-c4ccccc4)cc3)sc2c1. The number of para-hydroxylation sites is 2. The van der Waals surface area contributed by atoms with Crippen molar-refractivity contribution >= 4 is 72.2 Å². The molecule has 5 aromatic carbocycles. The molecule has 0 fully saturated rings. The zero-order valence-corrected chi connectivity index (χ0v) is 29.9. The third kappa shape index (κ3) is 7.15. The Hall–Kier alpha value is -5.01. The summed E-state index contributed by atoms with van der Waals surface area (Å²) in [5, 5.41) is 13.0. The molecule has 0 aliphatic rings. The highest BCUT2D eigenvalue weighted by molar-refractivity contribution is 8.00. The number of hydrogen-bond acceptors (Lipinski definition) is 8. The molecule has 250 valence electrons. The van der Waals surface area contributed by atoms with Gasteiger partial charge in [0.05, 0.1) is 31.1 Å². The first-order valence-electron chi connectivity index (χ1n) is 15.5. The summed E-state index contributed by atoms with van der Waals surface area (Å²) in [6.45, 7) is 3.87. The summed E-state index contributed by atoms with van der Waals surface area (Å²) in [5.41, 5.74) is 5.35. The number of aryl methyl sites for hydroxylation is 1. The number of benzene rings is 5. The van der Waals surface area contributed by atoms with Crippen molar-refractivity contribution in [2.45, 2.75) is 29.1 Å². The monoisotopic (exact) mass is 736 g/mol. The second kappa shape index (κ2) is 14.1. The van der Waals surface area contributed by atoms with Gasteiger partial charge in [-0.3, -0.25) is 14.1 Å². The molecule has 0 saturated carbocycles. The highest BCUT2D eigenvalue weighted by Crippen LogP contribution is 2.34. The summed E-state index contributed by atoms with van der Waals surface area (Å²) in [4.78, 5) is 18.2. The molecule has 0 aliphatic heterocycles. The van der Waals surface area contributed by atoms with Crippen molar-refractivity contribution in [3.63, 3.8) is 0 Å². The predicted molar refractivity (Wildman–Crippen MR) is 203 cm³/mol. The standard InChI is InChI=1S/C37H29ClN6O3S3/c1-23-15-20-32-33(21-23)49-36(40-32)25-16-18-27(19-17-25)39-35(45)24(2)48-37-42-41-34(44(37)28-10-4-3-5-11-28)26-9-8-12-29(22-26)50(46,47)43-31-14-7-6-13-30(31)38/h3-22,24,43H,1-2H3,(H,39,45). The second-order valence-corrected chi connectivity index (χ2v) is 15.8. The summed E-state index contributed by atoms with van der Waals surface area (Å²) in [6, 6.07) is 36.4. The van der Waals surface area contributed by atoms with E-state index < -0.39 is 15.3 Å². The molecule has 2 N–H and O–H groups in total. The molecular weight excluding hydrogens is 708 g/mol. The zero-order chi connectivity index (χ0) is 34.8. The summed E-state index contributed by atoms with van der Waals surface area (Å²) in [6.07, 6.45) is 0. The Labute approximate surface area is 302 Å². The Morgan fingerprint density at radius 1 is 0.860 bits per heavy atom. The number of amides is 1. The van der Waals surface area contributed by atoms with Crippen molar-refractivity contribution in [3.8, 4) is 27.6 Å². The van der Waals surface area contributed by atoms with Crippen molar-refractivity contribution < 1.29 is 13.2 Å². The quantitative estimate of drug-likeness (QED) is 0.135. The summed E-state index contributed by atoms with van der Waals surface area (Å²) >= 11 is 9.10. The number of sulfonamides is 1. The Kier molecular flexibility index (Phi) is 9.43. The smallest absolute Gasteiger partial charge is 0.261 e. The van der Waals surface area contributed by atoms with E-state index in [9.17, 15) is 13.2 Å². The minimum absolute atomic E-state index is 0.0312. The van der Waals surface area contributed by atoms with E-state index in [1.54, 1.807) is 54.7 Å². The maximum Gasteiger partial charge on any atom is 0.261 e. The Bertz CT molecular complexity index is 2450. The topological polar surface area (TPSA) is 119 Å². The molecular formula is C37H29ClN6O3S3. The minimum Gasteiger partial charge on any atom is -0.325 e. The van der Waals surface area contributed by atoms with E-state index in [1.807, 2.05) is 65.2 Å². The zero-order valence-electron chi connectivity index (χ0n) is 26.7. The van der Waals surface area contributed by atoms with Gasteiger partial charge in [-0.15, -0.1) is 21.5 Å². The molecule has 1 amide bonds. The normalized spacial score (nSPS) is 12.1. The van der Waals surface area contributed by atoms with E-state index >= 15 is 0 Å². The van der Waals surface area contributed by atoms with Crippen LogP contribution in [0.3, 0.4) is 0 Å². The van der Waals surface area contributed by atoms with E-state index in [1.165, 1.54) is 29.5 Å². The van der Waals surface area contributed by atoms with Gasteiger partial charge in [-0.1, -0.05) is 71.9 Å². The second-order valence-electron chi connectivity index (χ2n) is 11.4. The number of anilines is 2. The van der Waals surface area contributed by atoms with Crippen LogP contribution in [0.5, 0.6) is 0 Å². The van der Waals surface area contributed by atoms with Crippen molar-refractivity contribution in [1.29, 1.82) is 0 Å². The van der Waals surface area contributed by atoms with Crippen LogP contribution in [0.1, 0.15) is 12.5 Å². The van der Waals surface area contributed by atoms with Gasteiger partial charge in [0, 0.05) is 22.5 Å². The fourth-order valence-corrected chi connectivity index (χ4v) is 8.50. The van der Waals surface area contributed by atoms with Gasteiger partial charge in [-0.2, -0.15) is 0 Å². The molecule has 9 nitrogen and oxygen atoms in total. The van der Waals surface area contributed by atoms with Crippen LogP contribution >= 0.6 is 34.7 Å². The van der Waals surface area contributed by atoms with Crippen molar-refractivity contribution in [1.82, 2.24) is 19.7 Å². The number of nitrogens with zero attached hydrogens (tertiary/aromatic N) is 4. The fourth-order valence-electron chi connectivity index (χ4n) is 5.20. The third-order valence-corrected chi connectivity index (χ3v) is 11.6. The number of nitrogens with one attached hydrogen (secondary N) is 2. The number of thiazole rings is 1. The maximum absolute atomic E-state index is 13.4. The fraction of sp³-hybridized carbons (Fsp3) is 0.0811. The lowest BCUT2D eigenvalue weighted by molar-refractivity contribution is -0.115. The molecule has 13 heteroatoms. The lowest BCUT2D eigenvalue weighted by Gasteiger charge is -2.15. The highest BCUT2D eigenvalue weighted by atomic mass is 35.5. The average molecular weight is 737 g/mol. The van der Waals surface area contributed by atoms with Crippen LogP contribution in [0, 0.1) is 6.92 Å². The van der Waals surface area contributed by atoms with Gasteiger partial charge in [-0.05, 0) is 92.2 Å². The van der Waals surface area contributed by atoms with E-state index in [2.05, 4.69) is 39.3 Å². The molecule has 0 radical (unpaired) electrons. The molecule has 0 aliphatic carbocycles. The van der Waals surface area contributed by atoms with Crippen LogP contribution in [-0.4, -0.2) is 39.3 Å². The van der Waals surface area contributed by atoms with Gasteiger partial charge >= 0.3 is 0 Å². The van der Waals surface area contributed by atoms with Crippen LogP contribution in [0.4, 0.5) is 11.4 Å². The van der Waals surface area contributed by atoms with Crippen LogP contribution < -0.4 is 10.0 Å². The molecule has 0 bridgehead atoms. The maximum atomic E-state index is 13.4. The van der Waals surface area contributed by atoms with Gasteiger partial charge in [0.1, 0.15) is 5.01 Å². The van der Waals surface area contributed by atoms with Gasteiger partial charge in [-0.25, -0.2) is 13.4 Å². The van der Waals surface area contributed by atoms with E-state index in [0.29, 0.717) is 22.2 Å². The van der Waals surface area contributed by atoms with Crippen molar-refractivity contribution in [2.75, 3.05) is 10.0 Å². The summed E-state index contributed by atoms with van der Waals surface area (Å²) < 4.78 is 32.2. The van der Waals surface area contributed by atoms with Crippen molar-refractivity contribution in [2.24, 2.45) is 0 Å². The Balaban J connectivity index is 1.11. The highest BCUT2D eigenvalue weighted by Gasteiger charge is 2.24. The first-order valence-corrected chi connectivity index (χ1v) is 19.0. The molecule has 1 atom stereocenters. The number of fused-ring (bicyclic) bond motifs is 1. The molecule has 7 rings (SSSR count). The van der Waals surface area contributed by atoms with Gasteiger partial charge in [0.25, 0.3) is 10.0 Å². The van der Waals surface area contributed by atoms with Gasteiger partial charge < -0.3 is 5.32 Å². The summed E-state index contributed by atoms with van der Waals surface area (Å²) in [7, 11) is -3.98. The van der Waals surface area contributed by atoms with Crippen LogP contribution in [0.25, 0.3) is 37.9 Å². The van der Waals surface area contributed by atoms with Crippen LogP contribution in [0.2, 0.25) is 5.02 Å². The summed E-state index contributed by atoms with van der Waals surface area (Å²) in [5.74, 6) is 0.211. The molecule has 50 heavy (non-hydrogen) atoms. The lowest BCUT2D eigenvalue weighted by Crippen LogP contribution is -2.22. The molecule has 7 aromatic rings. The molecule has 1 unspecified atom stereocenters. The molecule has 2 heterocycles. The first-order chi connectivity index (χ1) is 24.1. The number of aromatic nitrogens is 4. The predicted octanol–water partition coefficient (Wildman–Crippen LogP) is 9.09. The molecule has 0 spiro atoms. The number of carbonyl (C=O) groups is 1. The number of hydrogen-bond donors (Lipinski definition) is 2.